The van der Waals surface area contributed by atoms with Gasteiger partial charge in [0.15, 0.2) is 5.76 Å². The Morgan fingerprint density at radius 3 is 2.74 bits per heavy atom. The molecule has 0 atom stereocenters. The number of pyridine rings is 1. The lowest BCUT2D eigenvalue weighted by atomic mass is 10.3. The minimum Gasteiger partial charge on any atom is -0.360 e. The molecule has 0 fully saturated rings. The summed E-state index contributed by atoms with van der Waals surface area (Å²) in [6, 6.07) is 5.56. The van der Waals surface area contributed by atoms with Crippen molar-refractivity contribution in [2.45, 2.75) is 25.3 Å². The maximum Gasteiger partial charge on any atom is 0.246 e. The molecular formula is C14H14N4O3S2. The molecule has 3 aromatic rings. The van der Waals surface area contributed by atoms with Crippen LogP contribution in [0.1, 0.15) is 16.5 Å². The third kappa shape index (κ3) is 3.31. The second-order valence-electron chi connectivity index (χ2n) is 4.82. The van der Waals surface area contributed by atoms with Gasteiger partial charge in [0.25, 0.3) is 0 Å². The van der Waals surface area contributed by atoms with E-state index in [0.717, 1.165) is 11.4 Å². The van der Waals surface area contributed by atoms with Gasteiger partial charge in [-0.1, -0.05) is 11.2 Å². The number of hydrogen-bond donors (Lipinski definition) is 1. The van der Waals surface area contributed by atoms with Crippen LogP contribution in [0, 0.1) is 13.8 Å². The smallest absolute Gasteiger partial charge is 0.246 e. The van der Waals surface area contributed by atoms with Gasteiger partial charge < -0.3 is 4.52 Å². The van der Waals surface area contributed by atoms with E-state index in [0.29, 0.717) is 10.7 Å². The first-order valence-electron chi connectivity index (χ1n) is 6.76. The summed E-state index contributed by atoms with van der Waals surface area (Å²) < 4.78 is 32.1. The Labute approximate surface area is 137 Å². The fourth-order valence-electron chi connectivity index (χ4n) is 2.11. The van der Waals surface area contributed by atoms with Crippen LogP contribution in [-0.2, 0) is 16.6 Å². The van der Waals surface area contributed by atoms with Crippen LogP contribution in [0.4, 0.5) is 0 Å². The summed E-state index contributed by atoms with van der Waals surface area (Å²) in [5, 5.41) is 6.17. The monoisotopic (exact) mass is 350 g/mol. The van der Waals surface area contributed by atoms with Gasteiger partial charge in [-0.2, -0.15) is 0 Å². The number of thiazole rings is 1. The number of aromatic nitrogens is 3. The van der Waals surface area contributed by atoms with Crippen LogP contribution in [0.25, 0.3) is 11.4 Å². The van der Waals surface area contributed by atoms with Gasteiger partial charge in [-0.05, 0) is 26.0 Å². The lowest BCUT2D eigenvalue weighted by Crippen LogP contribution is -2.24. The van der Waals surface area contributed by atoms with E-state index in [1.165, 1.54) is 11.3 Å². The predicted octanol–water partition coefficient (Wildman–Crippen LogP) is 2.29. The van der Waals surface area contributed by atoms with Crippen LogP contribution in [-0.4, -0.2) is 23.5 Å². The standard InChI is InChI=1S/C14H14N4O3S2/c1-9-14(10(2)21-18-9)23(19,20)16-7-13-17-12(8-22-13)11-5-3-4-6-15-11/h3-6,8,16H,7H2,1-2H3. The topological polar surface area (TPSA) is 98.0 Å². The molecule has 0 radical (unpaired) electrons. The fourth-order valence-corrected chi connectivity index (χ4v) is 4.24. The van der Waals surface area contributed by atoms with Crippen molar-refractivity contribution in [3.63, 3.8) is 0 Å². The molecule has 9 heteroatoms. The van der Waals surface area contributed by atoms with Crippen molar-refractivity contribution in [2.75, 3.05) is 0 Å². The first-order valence-corrected chi connectivity index (χ1v) is 9.12. The van der Waals surface area contributed by atoms with Crippen molar-refractivity contribution in [2.24, 2.45) is 0 Å². The summed E-state index contributed by atoms with van der Waals surface area (Å²) in [5.74, 6) is 0.267. The third-order valence-electron chi connectivity index (χ3n) is 3.13. The quantitative estimate of drug-likeness (QED) is 0.758. The third-order valence-corrected chi connectivity index (χ3v) is 5.62. The summed E-state index contributed by atoms with van der Waals surface area (Å²) >= 11 is 1.37. The van der Waals surface area contributed by atoms with Gasteiger partial charge in [-0.15, -0.1) is 11.3 Å². The van der Waals surface area contributed by atoms with E-state index >= 15 is 0 Å². The van der Waals surface area contributed by atoms with Crippen LogP contribution < -0.4 is 4.72 Å². The molecule has 0 aliphatic carbocycles. The maximum absolute atomic E-state index is 12.3. The Hall–Kier alpha value is -2.10. The first-order chi connectivity index (χ1) is 11.0. The first kappa shape index (κ1) is 15.8. The molecule has 3 heterocycles. The second-order valence-corrected chi connectivity index (χ2v) is 7.47. The summed E-state index contributed by atoms with van der Waals surface area (Å²) in [7, 11) is -3.69. The highest BCUT2D eigenvalue weighted by atomic mass is 32.2. The SMILES string of the molecule is Cc1noc(C)c1S(=O)(=O)NCc1nc(-c2ccccn2)cs1. The lowest BCUT2D eigenvalue weighted by molar-refractivity contribution is 0.390. The van der Waals surface area contributed by atoms with Crippen molar-refractivity contribution in [3.8, 4) is 11.4 Å². The zero-order chi connectivity index (χ0) is 16.4. The minimum atomic E-state index is -3.69. The Morgan fingerprint density at radius 2 is 2.09 bits per heavy atom. The molecule has 0 saturated heterocycles. The van der Waals surface area contributed by atoms with Gasteiger partial charge in [-0.25, -0.2) is 18.1 Å². The van der Waals surface area contributed by atoms with Crippen LogP contribution in [0.15, 0.2) is 39.2 Å². The molecule has 3 rings (SSSR count). The zero-order valence-electron chi connectivity index (χ0n) is 12.5. The number of nitrogens with zero attached hydrogens (tertiary/aromatic N) is 3. The highest BCUT2D eigenvalue weighted by Crippen LogP contribution is 2.21. The van der Waals surface area contributed by atoms with E-state index in [1.54, 1.807) is 20.0 Å². The van der Waals surface area contributed by atoms with E-state index in [9.17, 15) is 8.42 Å². The molecule has 120 valence electrons. The Balaban J connectivity index is 1.75. The van der Waals surface area contributed by atoms with E-state index in [4.69, 9.17) is 4.52 Å². The van der Waals surface area contributed by atoms with Crippen LogP contribution in [0.3, 0.4) is 0 Å². The summed E-state index contributed by atoms with van der Waals surface area (Å²) in [5.41, 5.74) is 1.81. The molecule has 0 aromatic carbocycles. The summed E-state index contributed by atoms with van der Waals surface area (Å²) in [4.78, 5) is 8.70. The van der Waals surface area contributed by atoms with Crippen molar-refractivity contribution in [1.82, 2.24) is 19.8 Å². The van der Waals surface area contributed by atoms with Gasteiger partial charge in [0.1, 0.15) is 15.6 Å². The van der Waals surface area contributed by atoms with E-state index < -0.39 is 10.0 Å². The van der Waals surface area contributed by atoms with Crippen molar-refractivity contribution < 1.29 is 12.9 Å². The molecular weight excluding hydrogens is 336 g/mol. The van der Waals surface area contributed by atoms with Crippen molar-refractivity contribution in [3.05, 3.63) is 46.2 Å². The molecule has 0 unspecified atom stereocenters. The number of hydrogen-bond acceptors (Lipinski definition) is 7. The van der Waals surface area contributed by atoms with Crippen LogP contribution in [0.5, 0.6) is 0 Å². The van der Waals surface area contributed by atoms with E-state index in [2.05, 4.69) is 19.8 Å². The van der Waals surface area contributed by atoms with Gasteiger partial charge in [-0.3, -0.25) is 4.98 Å². The summed E-state index contributed by atoms with van der Waals surface area (Å²) in [6.07, 6.45) is 1.69. The second kappa shape index (κ2) is 6.19. The van der Waals surface area contributed by atoms with Gasteiger partial charge in [0, 0.05) is 11.6 Å². The van der Waals surface area contributed by atoms with Crippen LogP contribution >= 0.6 is 11.3 Å². The molecule has 0 bridgehead atoms. The van der Waals surface area contributed by atoms with E-state index in [-0.39, 0.29) is 17.2 Å². The number of aryl methyl sites for hydroxylation is 2. The Kier molecular flexibility index (Phi) is 4.24. The molecule has 23 heavy (non-hydrogen) atoms. The number of sulfonamides is 1. The van der Waals surface area contributed by atoms with E-state index in [1.807, 2.05) is 23.6 Å². The Bertz CT molecular complexity index is 897. The van der Waals surface area contributed by atoms with Gasteiger partial charge >= 0.3 is 0 Å². The van der Waals surface area contributed by atoms with Crippen LogP contribution in [0.2, 0.25) is 0 Å². The predicted molar refractivity (Wildman–Crippen MR) is 85.3 cm³/mol. The average Bonchev–Trinajstić information content (AvgIpc) is 3.13. The van der Waals surface area contributed by atoms with Crippen molar-refractivity contribution in [1.29, 1.82) is 0 Å². The zero-order valence-corrected chi connectivity index (χ0v) is 14.1. The molecule has 1 N–H and O–H groups in total. The largest absolute Gasteiger partial charge is 0.360 e. The average molecular weight is 350 g/mol. The maximum atomic E-state index is 12.3. The Morgan fingerprint density at radius 1 is 1.26 bits per heavy atom. The molecule has 3 aromatic heterocycles. The highest BCUT2D eigenvalue weighted by molar-refractivity contribution is 7.89. The molecule has 0 aliphatic heterocycles. The highest BCUT2D eigenvalue weighted by Gasteiger charge is 2.24. The molecule has 0 aliphatic rings. The molecule has 7 nitrogen and oxygen atoms in total. The normalized spacial score (nSPS) is 11.7. The lowest BCUT2D eigenvalue weighted by Gasteiger charge is -2.04. The van der Waals surface area contributed by atoms with Gasteiger partial charge in [0.05, 0.1) is 17.9 Å². The molecule has 0 spiro atoms. The fraction of sp³-hybridized carbons (Fsp3) is 0.214. The van der Waals surface area contributed by atoms with Gasteiger partial charge in [0.2, 0.25) is 10.0 Å². The minimum absolute atomic E-state index is 0.0824. The number of rotatable bonds is 5. The molecule has 0 amide bonds. The van der Waals surface area contributed by atoms with Crippen molar-refractivity contribution >= 4 is 21.4 Å². The molecule has 0 saturated carbocycles. The number of nitrogens with one attached hydrogen (secondary N) is 1. The summed E-state index contributed by atoms with van der Waals surface area (Å²) in [6.45, 7) is 3.26.